The molecule has 3 N–H and O–H groups in total. The minimum Gasteiger partial charge on any atom is -0.398 e. The molecule has 0 aromatic heterocycles. The van der Waals surface area contributed by atoms with Crippen LogP contribution in [0.1, 0.15) is 5.56 Å². The van der Waals surface area contributed by atoms with Gasteiger partial charge in [0.25, 0.3) is 0 Å². The molecule has 0 saturated heterocycles. The second-order valence-corrected chi connectivity index (χ2v) is 5.76. The van der Waals surface area contributed by atoms with Crippen LogP contribution in [0.2, 0.25) is 0 Å². The number of anilines is 1. The summed E-state index contributed by atoms with van der Waals surface area (Å²) in [6.45, 7) is 1.49. The van der Waals surface area contributed by atoms with Gasteiger partial charge < -0.3 is 15.2 Å². The van der Waals surface area contributed by atoms with Crippen LogP contribution in [0.5, 0.6) is 0 Å². The van der Waals surface area contributed by atoms with E-state index in [2.05, 4.69) is 4.72 Å². The van der Waals surface area contributed by atoms with E-state index < -0.39 is 10.0 Å². The van der Waals surface area contributed by atoms with E-state index in [9.17, 15) is 8.42 Å². The minimum atomic E-state index is -3.39. The summed E-state index contributed by atoms with van der Waals surface area (Å²) in [6.07, 6.45) is 0. The molecule has 0 bridgehead atoms. The Hall–Kier alpha value is -1.15. The third kappa shape index (κ3) is 6.53. The zero-order valence-corrected chi connectivity index (χ0v) is 11.8. The molecule has 6 nitrogen and oxygen atoms in total. The molecule has 0 aliphatic heterocycles. The van der Waals surface area contributed by atoms with Gasteiger partial charge in [0.2, 0.25) is 10.0 Å². The molecule has 0 spiro atoms. The summed E-state index contributed by atoms with van der Waals surface area (Å²) in [4.78, 5) is 0. The summed E-state index contributed by atoms with van der Waals surface area (Å²) >= 11 is 0. The van der Waals surface area contributed by atoms with Gasteiger partial charge in [-0.3, -0.25) is 0 Å². The maximum atomic E-state index is 11.8. The van der Waals surface area contributed by atoms with Crippen LogP contribution < -0.4 is 10.5 Å². The maximum absolute atomic E-state index is 11.8. The van der Waals surface area contributed by atoms with Crippen LogP contribution in [0, 0.1) is 0 Å². The standard InChI is InChI=1S/C12H20N2O4S/c1-17-8-9-18-7-6-14-19(15,16)10-11-4-2-3-5-12(11)13/h2-5,14H,6-10,13H2,1H3. The van der Waals surface area contributed by atoms with Gasteiger partial charge in [-0.05, 0) is 11.6 Å². The first-order valence-electron chi connectivity index (χ1n) is 5.92. The average Bonchev–Trinajstić information content (AvgIpc) is 2.36. The molecule has 108 valence electrons. The van der Waals surface area contributed by atoms with Crippen LogP contribution in [-0.4, -0.2) is 41.9 Å². The quantitative estimate of drug-likeness (QED) is 0.505. The molecule has 0 heterocycles. The minimum absolute atomic E-state index is 0.127. The zero-order valence-electron chi connectivity index (χ0n) is 11.0. The van der Waals surface area contributed by atoms with Crippen molar-refractivity contribution in [2.75, 3.05) is 39.2 Å². The lowest BCUT2D eigenvalue weighted by Crippen LogP contribution is -2.29. The van der Waals surface area contributed by atoms with Gasteiger partial charge in [-0.25, -0.2) is 13.1 Å². The van der Waals surface area contributed by atoms with E-state index in [1.165, 1.54) is 0 Å². The lowest BCUT2D eigenvalue weighted by Gasteiger charge is -2.09. The highest BCUT2D eigenvalue weighted by molar-refractivity contribution is 7.88. The Balaban J connectivity index is 2.34. The lowest BCUT2D eigenvalue weighted by atomic mass is 10.2. The van der Waals surface area contributed by atoms with E-state index in [-0.39, 0.29) is 12.3 Å². The summed E-state index contributed by atoms with van der Waals surface area (Å²) < 4.78 is 36.0. The Morgan fingerprint density at radius 3 is 2.63 bits per heavy atom. The monoisotopic (exact) mass is 288 g/mol. The highest BCUT2D eigenvalue weighted by atomic mass is 32.2. The van der Waals surface area contributed by atoms with Crippen molar-refractivity contribution in [3.05, 3.63) is 29.8 Å². The molecule has 0 amide bonds. The van der Waals surface area contributed by atoms with Gasteiger partial charge in [0.15, 0.2) is 0 Å². The second-order valence-electron chi connectivity index (χ2n) is 3.96. The van der Waals surface area contributed by atoms with Crippen LogP contribution in [-0.2, 0) is 25.2 Å². The Bertz CT molecular complexity index is 476. The van der Waals surface area contributed by atoms with Crippen molar-refractivity contribution in [1.82, 2.24) is 4.72 Å². The fourth-order valence-electron chi connectivity index (χ4n) is 1.44. The SMILES string of the molecule is COCCOCCNS(=O)(=O)Cc1ccccc1N. The van der Waals surface area contributed by atoms with Crippen LogP contribution in [0.15, 0.2) is 24.3 Å². The lowest BCUT2D eigenvalue weighted by molar-refractivity contribution is 0.0736. The molecule has 0 saturated carbocycles. The molecule has 0 radical (unpaired) electrons. The van der Waals surface area contributed by atoms with Crippen LogP contribution in [0.25, 0.3) is 0 Å². The molecule has 0 aliphatic rings. The van der Waals surface area contributed by atoms with Crippen molar-refractivity contribution >= 4 is 15.7 Å². The molecular formula is C12H20N2O4S. The number of ether oxygens (including phenoxy) is 2. The normalized spacial score (nSPS) is 11.6. The van der Waals surface area contributed by atoms with Gasteiger partial charge in [0.1, 0.15) is 0 Å². The van der Waals surface area contributed by atoms with E-state index in [4.69, 9.17) is 15.2 Å². The third-order valence-corrected chi connectivity index (χ3v) is 3.74. The van der Waals surface area contributed by atoms with Gasteiger partial charge in [-0.2, -0.15) is 0 Å². The molecular weight excluding hydrogens is 268 g/mol. The number of sulfonamides is 1. The van der Waals surface area contributed by atoms with Crippen molar-refractivity contribution in [2.45, 2.75) is 5.75 Å². The van der Waals surface area contributed by atoms with Gasteiger partial charge >= 0.3 is 0 Å². The number of para-hydroxylation sites is 1. The molecule has 0 fully saturated rings. The third-order valence-electron chi connectivity index (χ3n) is 2.40. The van der Waals surface area contributed by atoms with Gasteiger partial charge in [0, 0.05) is 19.3 Å². The van der Waals surface area contributed by atoms with Crippen LogP contribution >= 0.6 is 0 Å². The predicted molar refractivity (Wildman–Crippen MR) is 74.2 cm³/mol. The summed E-state index contributed by atoms with van der Waals surface area (Å²) in [5.74, 6) is -0.127. The van der Waals surface area contributed by atoms with Gasteiger partial charge in [-0.1, -0.05) is 18.2 Å². The highest BCUT2D eigenvalue weighted by Gasteiger charge is 2.12. The Morgan fingerprint density at radius 2 is 1.95 bits per heavy atom. The van der Waals surface area contributed by atoms with E-state index in [0.717, 1.165) is 0 Å². The van der Waals surface area contributed by atoms with E-state index >= 15 is 0 Å². The number of hydrogen-bond donors (Lipinski definition) is 2. The molecule has 0 atom stereocenters. The van der Waals surface area contributed by atoms with E-state index in [0.29, 0.717) is 31.1 Å². The van der Waals surface area contributed by atoms with Crippen LogP contribution in [0.3, 0.4) is 0 Å². The van der Waals surface area contributed by atoms with Crippen molar-refractivity contribution in [2.24, 2.45) is 0 Å². The molecule has 1 aromatic rings. The van der Waals surface area contributed by atoms with E-state index in [1.807, 2.05) is 0 Å². The number of rotatable bonds is 9. The second kappa shape index (κ2) is 8.11. The first kappa shape index (κ1) is 15.9. The topological polar surface area (TPSA) is 90.6 Å². The Morgan fingerprint density at radius 1 is 1.21 bits per heavy atom. The predicted octanol–water partition coefficient (Wildman–Crippen LogP) is 0.351. The molecule has 19 heavy (non-hydrogen) atoms. The Labute approximate surface area is 113 Å². The summed E-state index contributed by atoms with van der Waals surface area (Å²) in [5.41, 5.74) is 6.78. The van der Waals surface area contributed by atoms with E-state index in [1.54, 1.807) is 31.4 Å². The number of nitrogen functional groups attached to an aromatic ring is 1. The first-order chi connectivity index (χ1) is 9.05. The van der Waals surface area contributed by atoms with Crippen molar-refractivity contribution in [3.63, 3.8) is 0 Å². The van der Waals surface area contributed by atoms with Crippen molar-refractivity contribution < 1.29 is 17.9 Å². The number of methoxy groups -OCH3 is 1. The number of nitrogens with two attached hydrogens (primary N) is 1. The molecule has 1 aromatic carbocycles. The maximum Gasteiger partial charge on any atom is 0.215 e. The van der Waals surface area contributed by atoms with Crippen molar-refractivity contribution in [1.29, 1.82) is 0 Å². The zero-order chi connectivity index (χ0) is 14.1. The first-order valence-corrected chi connectivity index (χ1v) is 7.58. The number of hydrogen-bond acceptors (Lipinski definition) is 5. The summed E-state index contributed by atoms with van der Waals surface area (Å²) in [7, 11) is -1.81. The fraction of sp³-hybridized carbons (Fsp3) is 0.500. The van der Waals surface area contributed by atoms with Gasteiger partial charge in [-0.15, -0.1) is 0 Å². The number of benzene rings is 1. The summed E-state index contributed by atoms with van der Waals surface area (Å²) in [6, 6.07) is 6.90. The molecule has 0 unspecified atom stereocenters. The molecule has 7 heteroatoms. The smallest absolute Gasteiger partial charge is 0.215 e. The largest absolute Gasteiger partial charge is 0.398 e. The van der Waals surface area contributed by atoms with Gasteiger partial charge in [0.05, 0.1) is 25.6 Å². The average molecular weight is 288 g/mol. The highest BCUT2D eigenvalue weighted by Crippen LogP contribution is 2.13. The summed E-state index contributed by atoms with van der Waals surface area (Å²) in [5, 5.41) is 0. The Kier molecular flexibility index (Phi) is 6.79. The molecule has 0 aliphatic carbocycles. The molecule has 1 rings (SSSR count). The van der Waals surface area contributed by atoms with Crippen LogP contribution in [0.4, 0.5) is 5.69 Å². The fourth-order valence-corrected chi connectivity index (χ4v) is 2.60. The van der Waals surface area contributed by atoms with Crippen molar-refractivity contribution in [3.8, 4) is 0 Å². The number of nitrogens with one attached hydrogen (secondary N) is 1.